The molecular weight excluding hydrogens is 276 g/mol. The lowest BCUT2D eigenvalue weighted by molar-refractivity contribution is 0.0712. The van der Waals surface area contributed by atoms with Crippen molar-refractivity contribution in [2.75, 3.05) is 0 Å². The number of esters is 1. The Morgan fingerprint density at radius 3 is 2.65 bits per heavy atom. The van der Waals surface area contributed by atoms with E-state index in [4.69, 9.17) is 21.1 Å². The van der Waals surface area contributed by atoms with Crippen LogP contribution in [0.4, 0.5) is 0 Å². The maximum atomic E-state index is 11.7. The Hall–Kier alpha value is -2.26. The molecule has 0 saturated heterocycles. The molecule has 0 aliphatic carbocycles. The molecular formula is C16H11ClO3. The third-order valence-electron chi connectivity index (χ3n) is 3.05. The molecule has 0 N–H and O–H groups in total. The van der Waals surface area contributed by atoms with Crippen molar-refractivity contribution in [2.24, 2.45) is 0 Å². The van der Waals surface area contributed by atoms with Crippen LogP contribution in [0.15, 0.2) is 48.7 Å². The van der Waals surface area contributed by atoms with Crippen LogP contribution in [-0.2, 0) is 4.74 Å². The van der Waals surface area contributed by atoms with E-state index in [-0.39, 0.29) is 5.97 Å². The number of fused-ring (bicyclic) bond motifs is 1. The molecule has 1 aliphatic rings. The van der Waals surface area contributed by atoms with E-state index < -0.39 is 0 Å². The minimum atomic E-state index is -0.358. The number of cyclic esters (lactones) is 1. The molecule has 0 bridgehead atoms. The number of carbonyl (C=O) groups excluding carboxylic acids is 1. The molecule has 0 aromatic heterocycles. The lowest BCUT2D eigenvalue weighted by Crippen LogP contribution is -1.93. The number of halogens is 1. The Labute approximate surface area is 121 Å². The van der Waals surface area contributed by atoms with E-state index >= 15 is 0 Å². The van der Waals surface area contributed by atoms with Crippen LogP contribution in [0.3, 0.4) is 0 Å². The van der Waals surface area contributed by atoms with Gasteiger partial charge in [-0.1, -0.05) is 29.8 Å². The molecule has 100 valence electrons. The molecule has 1 aliphatic heterocycles. The number of carbonyl (C=O) groups is 1. The molecule has 0 radical (unpaired) electrons. The van der Waals surface area contributed by atoms with E-state index in [1.165, 1.54) is 6.26 Å². The van der Waals surface area contributed by atoms with Crippen LogP contribution >= 0.6 is 11.6 Å². The normalized spacial score (nSPS) is 15.1. The van der Waals surface area contributed by atoms with Gasteiger partial charge in [-0.3, -0.25) is 0 Å². The summed E-state index contributed by atoms with van der Waals surface area (Å²) in [6, 6.07) is 12.5. The topological polar surface area (TPSA) is 35.5 Å². The highest BCUT2D eigenvalue weighted by Crippen LogP contribution is 2.30. The Kier molecular flexibility index (Phi) is 3.20. The van der Waals surface area contributed by atoms with E-state index in [1.54, 1.807) is 24.3 Å². The SMILES string of the molecule is Cc1cc(Cl)ccc1O/C=C1\OC(=O)c2ccccc21. The first kappa shape index (κ1) is 12.8. The molecule has 1 heterocycles. The monoisotopic (exact) mass is 286 g/mol. The Balaban J connectivity index is 1.89. The number of aryl methyl sites for hydroxylation is 1. The minimum absolute atomic E-state index is 0.358. The van der Waals surface area contributed by atoms with Crippen molar-refractivity contribution < 1.29 is 14.3 Å². The van der Waals surface area contributed by atoms with Gasteiger partial charge < -0.3 is 9.47 Å². The van der Waals surface area contributed by atoms with Crippen LogP contribution in [-0.4, -0.2) is 5.97 Å². The molecule has 0 unspecified atom stereocenters. The maximum absolute atomic E-state index is 11.7. The molecule has 0 atom stereocenters. The molecule has 0 fully saturated rings. The molecule has 0 spiro atoms. The van der Waals surface area contributed by atoms with Gasteiger partial charge in [-0.25, -0.2) is 4.79 Å². The van der Waals surface area contributed by atoms with Gasteiger partial charge in [-0.2, -0.15) is 0 Å². The van der Waals surface area contributed by atoms with E-state index in [1.807, 2.05) is 25.1 Å². The smallest absolute Gasteiger partial charge is 0.344 e. The number of hydrogen-bond acceptors (Lipinski definition) is 3. The van der Waals surface area contributed by atoms with Gasteiger partial charge in [-0.05, 0) is 36.8 Å². The number of ether oxygens (including phenoxy) is 2. The van der Waals surface area contributed by atoms with Crippen LogP contribution in [0.25, 0.3) is 5.76 Å². The third-order valence-corrected chi connectivity index (χ3v) is 3.28. The lowest BCUT2D eigenvalue weighted by Gasteiger charge is -2.05. The third kappa shape index (κ3) is 2.28. The van der Waals surface area contributed by atoms with Gasteiger partial charge in [0.05, 0.1) is 5.56 Å². The Morgan fingerprint density at radius 2 is 1.90 bits per heavy atom. The highest BCUT2D eigenvalue weighted by atomic mass is 35.5. The van der Waals surface area contributed by atoms with Gasteiger partial charge in [0, 0.05) is 10.6 Å². The minimum Gasteiger partial charge on any atom is -0.461 e. The molecule has 20 heavy (non-hydrogen) atoms. The second kappa shape index (κ2) is 5.02. The summed E-state index contributed by atoms with van der Waals surface area (Å²) in [4.78, 5) is 11.7. The molecule has 3 nitrogen and oxygen atoms in total. The average Bonchev–Trinajstić information content (AvgIpc) is 2.75. The second-order valence-electron chi connectivity index (χ2n) is 4.44. The van der Waals surface area contributed by atoms with Gasteiger partial charge >= 0.3 is 5.97 Å². The van der Waals surface area contributed by atoms with Crippen LogP contribution in [0.2, 0.25) is 5.02 Å². The van der Waals surface area contributed by atoms with Crippen LogP contribution in [0.5, 0.6) is 5.75 Å². The fraction of sp³-hybridized carbons (Fsp3) is 0.0625. The predicted molar refractivity (Wildman–Crippen MR) is 76.7 cm³/mol. The molecule has 0 amide bonds. The highest BCUT2D eigenvalue weighted by Gasteiger charge is 2.26. The first-order valence-electron chi connectivity index (χ1n) is 6.10. The van der Waals surface area contributed by atoms with Crippen molar-refractivity contribution in [1.82, 2.24) is 0 Å². The van der Waals surface area contributed by atoms with E-state index in [2.05, 4.69) is 0 Å². The van der Waals surface area contributed by atoms with Crippen molar-refractivity contribution in [1.29, 1.82) is 0 Å². The lowest BCUT2D eigenvalue weighted by atomic mass is 10.1. The van der Waals surface area contributed by atoms with Crippen molar-refractivity contribution in [2.45, 2.75) is 6.92 Å². The molecule has 4 heteroatoms. The van der Waals surface area contributed by atoms with Crippen LogP contribution in [0.1, 0.15) is 21.5 Å². The van der Waals surface area contributed by atoms with E-state index in [0.29, 0.717) is 22.1 Å². The molecule has 0 saturated carbocycles. The fourth-order valence-corrected chi connectivity index (χ4v) is 2.26. The Morgan fingerprint density at radius 1 is 1.15 bits per heavy atom. The van der Waals surface area contributed by atoms with E-state index in [9.17, 15) is 4.79 Å². The number of hydrogen-bond donors (Lipinski definition) is 0. The van der Waals surface area contributed by atoms with Gasteiger partial charge in [0.1, 0.15) is 12.0 Å². The summed E-state index contributed by atoms with van der Waals surface area (Å²) >= 11 is 5.89. The second-order valence-corrected chi connectivity index (χ2v) is 4.88. The average molecular weight is 287 g/mol. The fourth-order valence-electron chi connectivity index (χ4n) is 2.04. The van der Waals surface area contributed by atoms with Crippen LogP contribution in [0, 0.1) is 6.92 Å². The molecule has 2 aromatic carbocycles. The summed E-state index contributed by atoms with van der Waals surface area (Å²) in [7, 11) is 0. The van der Waals surface area contributed by atoms with Crippen LogP contribution < -0.4 is 4.74 Å². The maximum Gasteiger partial charge on any atom is 0.344 e. The number of rotatable bonds is 2. The number of benzene rings is 2. The largest absolute Gasteiger partial charge is 0.461 e. The Bertz CT molecular complexity index is 719. The van der Waals surface area contributed by atoms with Crippen molar-refractivity contribution in [3.05, 3.63) is 70.4 Å². The summed E-state index contributed by atoms with van der Waals surface area (Å²) in [6.07, 6.45) is 1.44. The van der Waals surface area contributed by atoms with Crippen molar-refractivity contribution >= 4 is 23.3 Å². The first-order valence-corrected chi connectivity index (χ1v) is 6.47. The summed E-state index contributed by atoms with van der Waals surface area (Å²) < 4.78 is 10.8. The van der Waals surface area contributed by atoms with E-state index in [0.717, 1.165) is 11.1 Å². The summed E-state index contributed by atoms with van der Waals surface area (Å²) in [6.45, 7) is 1.90. The predicted octanol–water partition coefficient (Wildman–Crippen LogP) is 4.20. The van der Waals surface area contributed by atoms with Crippen molar-refractivity contribution in [3.63, 3.8) is 0 Å². The standard InChI is InChI=1S/C16H11ClO3/c1-10-8-11(17)6-7-14(10)19-9-15-12-4-2-3-5-13(12)16(18)20-15/h2-9H,1H3/b15-9-. The van der Waals surface area contributed by atoms with Gasteiger partial charge in [0.15, 0.2) is 5.76 Å². The summed E-state index contributed by atoms with van der Waals surface area (Å²) in [5, 5.41) is 0.653. The van der Waals surface area contributed by atoms with Gasteiger partial charge in [0.2, 0.25) is 0 Å². The zero-order chi connectivity index (χ0) is 14.1. The highest BCUT2D eigenvalue weighted by molar-refractivity contribution is 6.30. The van der Waals surface area contributed by atoms with Gasteiger partial charge in [-0.15, -0.1) is 0 Å². The first-order chi connectivity index (χ1) is 9.65. The zero-order valence-electron chi connectivity index (χ0n) is 10.7. The van der Waals surface area contributed by atoms with Crippen molar-refractivity contribution in [3.8, 4) is 5.75 Å². The molecule has 2 aromatic rings. The summed E-state index contributed by atoms with van der Waals surface area (Å²) in [5.74, 6) is 0.727. The quantitative estimate of drug-likeness (QED) is 0.613. The zero-order valence-corrected chi connectivity index (χ0v) is 11.5. The molecule has 3 rings (SSSR count). The van der Waals surface area contributed by atoms with Gasteiger partial charge in [0.25, 0.3) is 0 Å². The summed E-state index contributed by atoms with van der Waals surface area (Å²) in [5.41, 5.74) is 2.20.